The molecule has 3 aliphatic rings. The summed E-state index contributed by atoms with van der Waals surface area (Å²) in [5.74, 6) is -2.98. The molecule has 1 spiro atoms. The highest BCUT2D eigenvalue weighted by molar-refractivity contribution is 6.34. The first-order valence-electron chi connectivity index (χ1n) is 12.6. The number of anilines is 1. The smallest absolute Gasteiger partial charge is 0.312 e. The molecule has 0 aliphatic carbocycles. The minimum absolute atomic E-state index is 0.141. The van der Waals surface area contributed by atoms with Gasteiger partial charge in [0.2, 0.25) is 5.91 Å². The van der Waals surface area contributed by atoms with Crippen molar-refractivity contribution in [3.05, 3.63) is 41.4 Å². The van der Waals surface area contributed by atoms with Gasteiger partial charge in [0.05, 0.1) is 47.9 Å². The average Bonchev–Trinajstić information content (AvgIpc) is 3.46. The lowest BCUT2D eigenvalue weighted by molar-refractivity contribution is -0.155. The number of carbonyl (C=O) groups is 3. The van der Waals surface area contributed by atoms with Crippen molar-refractivity contribution in [3.63, 3.8) is 0 Å². The Bertz CT molecular complexity index is 1040. The minimum atomic E-state index is -1.19. The summed E-state index contributed by atoms with van der Waals surface area (Å²) in [5.41, 5.74) is 0.148. The van der Waals surface area contributed by atoms with Gasteiger partial charge in [-0.1, -0.05) is 43.7 Å². The van der Waals surface area contributed by atoms with Gasteiger partial charge in [0.1, 0.15) is 11.6 Å². The van der Waals surface area contributed by atoms with Crippen LogP contribution < -0.4 is 4.90 Å². The van der Waals surface area contributed by atoms with E-state index in [1.54, 1.807) is 19.1 Å². The number of rotatable bonds is 9. The third-order valence-corrected chi connectivity index (χ3v) is 8.19. The van der Waals surface area contributed by atoms with E-state index in [0.29, 0.717) is 23.6 Å². The molecule has 8 nitrogen and oxygen atoms in total. The Hall–Kier alpha value is -2.42. The summed E-state index contributed by atoms with van der Waals surface area (Å²) in [6, 6.07) is 3.72. The lowest BCUT2D eigenvalue weighted by Gasteiger charge is -2.40. The van der Waals surface area contributed by atoms with Crippen LogP contribution in [-0.2, 0) is 23.9 Å². The van der Waals surface area contributed by atoms with Crippen LogP contribution in [0.5, 0.6) is 0 Å². The van der Waals surface area contributed by atoms with Crippen molar-refractivity contribution < 1.29 is 29.0 Å². The molecular formula is C27H35ClN2O6. The zero-order chi connectivity index (χ0) is 26.4. The maximum atomic E-state index is 14.5. The number of aliphatic hydroxyl groups excluding tert-OH is 1. The van der Waals surface area contributed by atoms with E-state index < -0.39 is 41.6 Å². The fourth-order valence-corrected chi connectivity index (χ4v) is 6.71. The molecule has 0 radical (unpaired) electrons. The van der Waals surface area contributed by atoms with Gasteiger partial charge in [-0.05, 0) is 44.2 Å². The number of aryl methyl sites for hydroxylation is 1. The van der Waals surface area contributed by atoms with Gasteiger partial charge in [-0.15, -0.1) is 6.58 Å². The Morgan fingerprint density at radius 1 is 1.42 bits per heavy atom. The second kappa shape index (κ2) is 10.1. The summed E-state index contributed by atoms with van der Waals surface area (Å²) in [6.45, 7) is 11.2. The number of halogens is 1. The number of para-hydroxylation sites is 1. The molecule has 2 bridgehead atoms. The maximum Gasteiger partial charge on any atom is 0.312 e. The molecule has 0 saturated carbocycles. The predicted octanol–water partition coefficient (Wildman–Crippen LogP) is 3.12. The van der Waals surface area contributed by atoms with Gasteiger partial charge < -0.3 is 24.4 Å². The van der Waals surface area contributed by atoms with E-state index in [1.165, 1.54) is 9.80 Å². The van der Waals surface area contributed by atoms with Crippen LogP contribution in [0.2, 0.25) is 5.02 Å². The van der Waals surface area contributed by atoms with E-state index in [4.69, 9.17) is 21.1 Å². The quantitative estimate of drug-likeness (QED) is 0.398. The lowest BCUT2D eigenvalue weighted by atomic mass is 9.70. The highest BCUT2D eigenvalue weighted by Crippen LogP contribution is 2.59. The van der Waals surface area contributed by atoms with Crippen LogP contribution in [0.4, 0.5) is 5.69 Å². The lowest BCUT2D eigenvalue weighted by Crippen LogP contribution is -2.60. The van der Waals surface area contributed by atoms with Crippen LogP contribution in [0.1, 0.15) is 39.2 Å². The first-order valence-corrected chi connectivity index (χ1v) is 13.0. The van der Waals surface area contributed by atoms with E-state index in [1.807, 2.05) is 32.9 Å². The Morgan fingerprint density at radius 2 is 2.14 bits per heavy atom. The molecule has 6 atom stereocenters. The van der Waals surface area contributed by atoms with Gasteiger partial charge >= 0.3 is 5.97 Å². The molecule has 2 amide bonds. The molecule has 4 rings (SSSR count). The van der Waals surface area contributed by atoms with Crippen LogP contribution in [-0.4, -0.2) is 71.3 Å². The van der Waals surface area contributed by atoms with Crippen LogP contribution >= 0.6 is 11.6 Å². The second-order valence-electron chi connectivity index (χ2n) is 10.2. The fourth-order valence-electron chi connectivity index (χ4n) is 6.39. The third-order valence-electron chi connectivity index (χ3n) is 7.88. The van der Waals surface area contributed by atoms with E-state index in [0.717, 1.165) is 5.56 Å². The standard InChI is InChI=1S/C27H35ClN2O6/c1-6-13-29(22-16(5)9-8-10-17(22)28)25(33)23-27-12-11-19(36-27)20(26(34)35-7-2)21(27)24(32)30(23)18(14-31)15(3)4/h6,8-10,15,18-21,23,31H,1,7,11-14H2,2-5H3/t18-,19+,20-,21-,23+,27-/m0/s1. The number of amides is 2. The molecule has 0 unspecified atom stereocenters. The SMILES string of the molecule is C=CCN(C(=O)[C@H]1N([C@@H](CO)C(C)C)C(=O)[C@@H]2[C@@H](C(=O)OCC)[C@H]3CC[C@]21O3)c1c(C)cccc1Cl. The molecule has 1 aromatic carbocycles. The molecule has 3 heterocycles. The first-order chi connectivity index (χ1) is 17.1. The number of likely N-dealkylation sites (tertiary alicyclic amines) is 1. The fraction of sp³-hybridized carbons (Fsp3) is 0.593. The number of hydrogen-bond acceptors (Lipinski definition) is 6. The zero-order valence-electron chi connectivity index (χ0n) is 21.3. The minimum Gasteiger partial charge on any atom is -0.466 e. The molecule has 3 fully saturated rings. The Morgan fingerprint density at radius 3 is 2.72 bits per heavy atom. The normalized spacial score (nSPS) is 29.4. The molecule has 3 aliphatic heterocycles. The van der Waals surface area contributed by atoms with Crippen molar-refractivity contribution in [2.75, 3.05) is 24.7 Å². The van der Waals surface area contributed by atoms with E-state index in [9.17, 15) is 19.5 Å². The van der Waals surface area contributed by atoms with E-state index >= 15 is 0 Å². The van der Waals surface area contributed by atoms with Crippen molar-refractivity contribution in [1.29, 1.82) is 0 Å². The predicted molar refractivity (Wildman–Crippen MR) is 136 cm³/mol. The van der Waals surface area contributed by atoms with Crippen molar-refractivity contribution in [2.45, 2.75) is 64.3 Å². The molecule has 196 valence electrons. The van der Waals surface area contributed by atoms with Gasteiger partial charge in [-0.25, -0.2) is 0 Å². The number of fused-ring (bicyclic) bond motifs is 1. The summed E-state index contributed by atoms with van der Waals surface area (Å²) in [5, 5.41) is 10.7. The van der Waals surface area contributed by atoms with Crippen molar-refractivity contribution in [3.8, 4) is 0 Å². The Labute approximate surface area is 217 Å². The zero-order valence-corrected chi connectivity index (χ0v) is 22.0. The topological polar surface area (TPSA) is 96.4 Å². The number of esters is 1. The van der Waals surface area contributed by atoms with Gasteiger partial charge in [-0.2, -0.15) is 0 Å². The molecule has 1 N–H and O–H groups in total. The monoisotopic (exact) mass is 518 g/mol. The van der Waals surface area contributed by atoms with Crippen molar-refractivity contribution in [1.82, 2.24) is 4.90 Å². The number of nitrogens with zero attached hydrogens (tertiary/aromatic N) is 2. The molecule has 9 heteroatoms. The molecular weight excluding hydrogens is 484 g/mol. The van der Waals surface area contributed by atoms with Crippen LogP contribution in [0.25, 0.3) is 0 Å². The Kier molecular flexibility index (Phi) is 7.51. The van der Waals surface area contributed by atoms with Crippen LogP contribution in [0, 0.1) is 24.7 Å². The van der Waals surface area contributed by atoms with Gasteiger partial charge in [0.15, 0.2) is 0 Å². The second-order valence-corrected chi connectivity index (χ2v) is 10.6. The van der Waals surface area contributed by atoms with Crippen molar-refractivity contribution >= 4 is 35.1 Å². The number of aliphatic hydroxyl groups is 1. The molecule has 36 heavy (non-hydrogen) atoms. The Balaban J connectivity index is 1.87. The summed E-state index contributed by atoms with van der Waals surface area (Å²) in [6.07, 6.45) is 2.12. The number of carbonyl (C=O) groups excluding carboxylic acids is 3. The molecule has 1 aromatic rings. The van der Waals surface area contributed by atoms with Crippen LogP contribution in [0.15, 0.2) is 30.9 Å². The highest BCUT2D eigenvalue weighted by atomic mass is 35.5. The van der Waals surface area contributed by atoms with E-state index in [-0.39, 0.29) is 37.5 Å². The summed E-state index contributed by atoms with van der Waals surface area (Å²) >= 11 is 6.56. The summed E-state index contributed by atoms with van der Waals surface area (Å²) < 4.78 is 11.8. The van der Waals surface area contributed by atoms with Gasteiger partial charge in [0.25, 0.3) is 5.91 Å². The van der Waals surface area contributed by atoms with Crippen molar-refractivity contribution in [2.24, 2.45) is 17.8 Å². The average molecular weight is 519 g/mol. The molecule has 0 aromatic heterocycles. The van der Waals surface area contributed by atoms with E-state index in [2.05, 4.69) is 6.58 Å². The van der Waals surface area contributed by atoms with Crippen LogP contribution in [0.3, 0.4) is 0 Å². The maximum absolute atomic E-state index is 14.5. The number of benzene rings is 1. The number of ether oxygens (including phenoxy) is 2. The first kappa shape index (κ1) is 26.6. The van der Waals surface area contributed by atoms with Gasteiger partial charge in [-0.3, -0.25) is 14.4 Å². The summed E-state index contributed by atoms with van der Waals surface area (Å²) in [7, 11) is 0. The summed E-state index contributed by atoms with van der Waals surface area (Å²) in [4.78, 5) is 44.6. The number of hydrogen-bond donors (Lipinski definition) is 1. The van der Waals surface area contributed by atoms with Gasteiger partial charge in [0, 0.05) is 6.54 Å². The third kappa shape index (κ3) is 3.94. The highest BCUT2D eigenvalue weighted by Gasteiger charge is 2.75. The molecule has 3 saturated heterocycles. The largest absolute Gasteiger partial charge is 0.466 e.